The summed E-state index contributed by atoms with van der Waals surface area (Å²) < 4.78 is 50.7. The predicted molar refractivity (Wildman–Crippen MR) is 182 cm³/mol. The van der Waals surface area contributed by atoms with Crippen LogP contribution in [-0.4, -0.2) is 37.2 Å². The topological polar surface area (TPSA) is 102 Å². The first kappa shape index (κ1) is 32.4. The highest BCUT2D eigenvalue weighted by Gasteiger charge is 2.35. The van der Waals surface area contributed by atoms with Crippen LogP contribution in [0.5, 0.6) is 5.75 Å². The van der Waals surface area contributed by atoms with Crippen LogP contribution < -0.4 is 15.4 Å². The highest BCUT2D eigenvalue weighted by molar-refractivity contribution is 7.91. The van der Waals surface area contributed by atoms with E-state index >= 15 is 0 Å². The smallest absolute Gasteiger partial charge is 0.179 e. The van der Waals surface area contributed by atoms with Gasteiger partial charge in [-0.05, 0) is 91.2 Å². The molecule has 0 aliphatic carbocycles. The van der Waals surface area contributed by atoms with Crippen LogP contribution in [0.1, 0.15) is 30.4 Å². The van der Waals surface area contributed by atoms with Crippen LogP contribution >= 0.6 is 11.6 Å². The number of halogens is 2. The largest absolute Gasteiger partial charge is 0.490 e. The molecule has 0 fully saturated rings. The Morgan fingerprint density at radius 1 is 0.957 bits per heavy atom. The zero-order valence-corrected chi connectivity index (χ0v) is 27.1. The van der Waals surface area contributed by atoms with E-state index in [2.05, 4.69) is 26.7 Å². The molecule has 1 aliphatic rings. The molecular weight excluding hydrogens is 639 g/mol. The SMILES string of the molecule is O=S(=O)(CCNCCCC1(c2ccc3ncnc(Nc4ccc(OCc5cccc(F)c5)c(Cl)c4)c3c2)CC=CO1)c1ccccc1. The lowest BCUT2D eigenvalue weighted by molar-refractivity contribution is 0.0306. The molecule has 0 spiro atoms. The molecule has 0 bridgehead atoms. The lowest BCUT2D eigenvalue weighted by atomic mass is 9.86. The van der Waals surface area contributed by atoms with Gasteiger partial charge in [0.2, 0.25) is 0 Å². The standard InChI is InChI=1S/C36H34ClFN4O4S/c37-32-23-29(12-14-34(32)45-24-26-7-4-8-28(38)21-26)42-35-31-22-27(11-13-33(31)40-25-41-35)36(16-6-19-46-36)15-5-17-39-18-20-47(43,44)30-9-2-1-3-10-30/h1-4,6-14,19,21-23,25,39H,5,15-18,20,24H2,(H,40,41,42). The van der Waals surface area contributed by atoms with Crippen LogP contribution in [-0.2, 0) is 26.8 Å². The van der Waals surface area contributed by atoms with Crippen molar-refractivity contribution in [2.24, 2.45) is 0 Å². The molecule has 8 nitrogen and oxygen atoms in total. The number of nitrogens with one attached hydrogen (secondary N) is 2. The Morgan fingerprint density at radius 3 is 2.62 bits per heavy atom. The van der Waals surface area contributed by atoms with Crippen molar-refractivity contribution >= 4 is 43.8 Å². The third-order valence-corrected chi connectivity index (χ3v) is 10.1. The number of fused-ring (bicyclic) bond motifs is 1. The van der Waals surface area contributed by atoms with Crippen molar-refractivity contribution < 1.29 is 22.3 Å². The summed E-state index contributed by atoms with van der Waals surface area (Å²) in [5.41, 5.74) is 2.64. The van der Waals surface area contributed by atoms with Gasteiger partial charge in [0.25, 0.3) is 0 Å². The van der Waals surface area contributed by atoms with Crippen LogP contribution in [0.4, 0.5) is 15.9 Å². The highest BCUT2D eigenvalue weighted by Crippen LogP contribution is 2.40. The Kier molecular flexibility index (Phi) is 10.0. The molecule has 1 aromatic heterocycles. The quantitative estimate of drug-likeness (QED) is 0.116. The molecule has 2 heterocycles. The normalized spacial score (nSPS) is 15.9. The van der Waals surface area contributed by atoms with Gasteiger partial charge in [-0.3, -0.25) is 0 Å². The lowest BCUT2D eigenvalue weighted by Crippen LogP contribution is -2.28. The molecule has 0 radical (unpaired) electrons. The number of benzene rings is 4. The molecule has 0 saturated heterocycles. The zero-order valence-electron chi connectivity index (χ0n) is 25.5. The number of sulfone groups is 1. The first-order chi connectivity index (χ1) is 22.8. The van der Waals surface area contributed by atoms with E-state index in [1.807, 2.05) is 24.3 Å². The van der Waals surface area contributed by atoms with E-state index in [1.54, 1.807) is 60.9 Å². The minimum absolute atomic E-state index is 0.0382. The molecule has 242 valence electrons. The van der Waals surface area contributed by atoms with Crippen molar-refractivity contribution in [3.63, 3.8) is 0 Å². The molecule has 2 N–H and O–H groups in total. The summed E-state index contributed by atoms with van der Waals surface area (Å²) in [5, 5.41) is 7.87. The van der Waals surface area contributed by atoms with E-state index in [4.69, 9.17) is 21.1 Å². The summed E-state index contributed by atoms with van der Waals surface area (Å²) in [7, 11) is -3.32. The van der Waals surface area contributed by atoms with Crippen LogP contribution in [0.3, 0.4) is 0 Å². The molecule has 6 rings (SSSR count). The number of anilines is 2. The summed E-state index contributed by atoms with van der Waals surface area (Å²) >= 11 is 6.54. The summed E-state index contributed by atoms with van der Waals surface area (Å²) in [6.45, 7) is 1.21. The fourth-order valence-corrected chi connectivity index (χ4v) is 7.05. The van der Waals surface area contributed by atoms with Crippen molar-refractivity contribution in [3.05, 3.63) is 132 Å². The molecule has 1 aliphatic heterocycles. The van der Waals surface area contributed by atoms with E-state index < -0.39 is 15.4 Å². The first-order valence-electron chi connectivity index (χ1n) is 15.3. The van der Waals surface area contributed by atoms with E-state index in [1.165, 1.54) is 18.5 Å². The zero-order chi connectivity index (χ0) is 32.7. The van der Waals surface area contributed by atoms with Crippen LogP contribution in [0.25, 0.3) is 10.9 Å². The predicted octanol–water partition coefficient (Wildman–Crippen LogP) is 7.72. The van der Waals surface area contributed by atoms with Gasteiger partial charge in [-0.2, -0.15) is 0 Å². The number of hydrogen-bond acceptors (Lipinski definition) is 8. The molecule has 47 heavy (non-hydrogen) atoms. The number of nitrogens with zero attached hydrogens (tertiary/aromatic N) is 2. The molecule has 1 atom stereocenters. The number of hydrogen-bond donors (Lipinski definition) is 2. The fourth-order valence-electron chi connectivity index (χ4n) is 5.59. The van der Waals surface area contributed by atoms with Gasteiger partial charge in [0.1, 0.15) is 35.9 Å². The van der Waals surface area contributed by atoms with E-state index in [9.17, 15) is 12.8 Å². The van der Waals surface area contributed by atoms with Crippen molar-refractivity contribution in [3.8, 4) is 5.75 Å². The van der Waals surface area contributed by atoms with Gasteiger partial charge in [-0.1, -0.05) is 48.0 Å². The van der Waals surface area contributed by atoms with Gasteiger partial charge in [0, 0.05) is 24.0 Å². The first-order valence-corrected chi connectivity index (χ1v) is 17.3. The van der Waals surface area contributed by atoms with Gasteiger partial charge in [-0.25, -0.2) is 22.8 Å². The molecular formula is C36H34ClFN4O4S. The monoisotopic (exact) mass is 672 g/mol. The summed E-state index contributed by atoms with van der Waals surface area (Å²) in [6.07, 6.45) is 7.50. The van der Waals surface area contributed by atoms with E-state index in [0.717, 1.165) is 29.3 Å². The Bertz CT molecular complexity index is 1980. The van der Waals surface area contributed by atoms with Gasteiger partial charge in [-0.15, -0.1) is 0 Å². The maximum Gasteiger partial charge on any atom is 0.179 e. The van der Waals surface area contributed by atoms with Crippen LogP contribution in [0, 0.1) is 5.82 Å². The molecule has 4 aromatic carbocycles. The molecule has 0 saturated carbocycles. The van der Waals surface area contributed by atoms with Crippen LogP contribution in [0.2, 0.25) is 5.02 Å². The summed E-state index contributed by atoms with van der Waals surface area (Å²) in [4.78, 5) is 9.32. The number of ether oxygens (including phenoxy) is 2. The van der Waals surface area contributed by atoms with Crippen LogP contribution in [0.15, 0.2) is 115 Å². The van der Waals surface area contributed by atoms with Gasteiger partial charge in [0.15, 0.2) is 9.84 Å². The second-order valence-corrected chi connectivity index (χ2v) is 13.8. The molecule has 11 heteroatoms. The number of rotatable bonds is 14. The fraction of sp³-hybridized carbons (Fsp3) is 0.222. The lowest BCUT2D eigenvalue weighted by Gasteiger charge is -2.30. The minimum atomic E-state index is -3.32. The van der Waals surface area contributed by atoms with Crippen molar-refractivity contribution in [1.82, 2.24) is 15.3 Å². The van der Waals surface area contributed by atoms with E-state index in [-0.39, 0.29) is 18.2 Å². The Hall–Kier alpha value is -4.51. The van der Waals surface area contributed by atoms with Gasteiger partial charge in [0.05, 0.1) is 27.4 Å². The Morgan fingerprint density at radius 2 is 1.83 bits per heavy atom. The average molecular weight is 673 g/mol. The van der Waals surface area contributed by atoms with E-state index in [0.29, 0.717) is 52.2 Å². The second-order valence-electron chi connectivity index (χ2n) is 11.3. The van der Waals surface area contributed by atoms with Crippen molar-refractivity contribution in [1.29, 1.82) is 0 Å². The van der Waals surface area contributed by atoms with Gasteiger partial charge < -0.3 is 20.1 Å². The van der Waals surface area contributed by atoms with Gasteiger partial charge >= 0.3 is 0 Å². The maximum atomic E-state index is 13.5. The third kappa shape index (κ3) is 7.90. The maximum absolute atomic E-state index is 13.5. The second kappa shape index (κ2) is 14.5. The average Bonchev–Trinajstić information content (AvgIpc) is 3.56. The number of aromatic nitrogens is 2. The summed E-state index contributed by atoms with van der Waals surface area (Å²) in [6, 6.07) is 26.2. The third-order valence-electron chi connectivity index (χ3n) is 8.06. The Balaban J connectivity index is 1.10. The minimum Gasteiger partial charge on any atom is -0.490 e. The molecule has 5 aromatic rings. The van der Waals surface area contributed by atoms with Crippen molar-refractivity contribution in [2.45, 2.75) is 36.4 Å². The Labute approximate surface area is 278 Å². The molecule has 0 amide bonds. The highest BCUT2D eigenvalue weighted by atomic mass is 35.5. The summed E-state index contributed by atoms with van der Waals surface area (Å²) in [5.74, 6) is 0.817. The molecule has 1 unspecified atom stereocenters. The van der Waals surface area contributed by atoms with Crippen molar-refractivity contribution in [2.75, 3.05) is 24.2 Å².